The Morgan fingerprint density at radius 3 is 2.21 bits per heavy atom. The van der Waals surface area contributed by atoms with Crippen LogP contribution in [0.15, 0.2) is 23.1 Å². The van der Waals surface area contributed by atoms with E-state index >= 15 is 0 Å². The van der Waals surface area contributed by atoms with Crippen molar-refractivity contribution in [2.75, 3.05) is 0 Å². The molecule has 5 nitrogen and oxygen atoms in total. The third-order valence-corrected chi connectivity index (χ3v) is 2.60. The second-order valence-corrected chi connectivity index (χ2v) is 4.61. The summed E-state index contributed by atoms with van der Waals surface area (Å²) < 4.78 is 89.2. The lowest BCUT2D eigenvalue weighted by molar-refractivity contribution is -0.274. The summed E-state index contributed by atoms with van der Waals surface area (Å²) >= 11 is 0. The first kappa shape index (κ1) is 15.4. The van der Waals surface area contributed by atoms with Gasteiger partial charge in [-0.15, -0.1) is 13.2 Å². The standard InChI is InChI=1S/C8H6F5NO4S/c9-7(10)17-5-2-1-4(18-8(11,12)13)3-6(5)19(14,15)16/h1-3,7H,(H2,14,15,16). The fraction of sp³-hybridized carbons (Fsp3) is 0.250. The molecule has 0 saturated carbocycles. The normalized spacial score (nSPS) is 12.6. The van der Waals surface area contributed by atoms with Gasteiger partial charge in [0.1, 0.15) is 16.4 Å². The highest BCUT2D eigenvalue weighted by Gasteiger charge is 2.32. The molecule has 0 fully saturated rings. The summed E-state index contributed by atoms with van der Waals surface area (Å²) in [5.41, 5.74) is 0. The van der Waals surface area contributed by atoms with Crippen LogP contribution >= 0.6 is 0 Å². The zero-order chi connectivity index (χ0) is 14.8. The fourth-order valence-corrected chi connectivity index (χ4v) is 1.78. The summed E-state index contributed by atoms with van der Waals surface area (Å²) in [6.07, 6.45) is -5.07. The predicted octanol–water partition coefficient (Wildman–Crippen LogP) is 1.83. The van der Waals surface area contributed by atoms with Gasteiger partial charge < -0.3 is 9.47 Å². The Balaban J connectivity index is 3.24. The molecule has 0 heterocycles. The number of alkyl halides is 5. The predicted molar refractivity (Wildman–Crippen MR) is 51.1 cm³/mol. The molecule has 0 spiro atoms. The highest BCUT2D eigenvalue weighted by molar-refractivity contribution is 7.89. The van der Waals surface area contributed by atoms with Crippen molar-refractivity contribution in [3.8, 4) is 11.5 Å². The zero-order valence-electron chi connectivity index (χ0n) is 8.82. The van der Waals surface area contributed by atoms with Gasteiger partial charge in [0.05, 0.1) is 0 Å². The lowest BCUT2D eigenvalue weighted by atomic mass is 10.3. The van der Waals surface area contributed by atoms with Crippen LogP contribution in [0.5, 0.6) is 11.5 Å². The van der Waals surface area contributed by atoms with Gasteiger partial charge in [0.15, 0.2) is 0 Å². The first-order chi connectivity index (χ1) is 8.49. The van der Waals surface area contributed by atoms with Gasteiger partial charge in [-0.05, 0) is 12.1 Å². The number of hydrogen-bond donors (Lipinski definition) is 1. The van der Waals surface area contributed by atoms with E-state index in [4.69, 9.17) is 0 Å². The van der Waals surface area contributed by atoms with Gasteiger partial charge in [-0.2, -0.15) is 8.78 Å². The quantitative estimate of drug-likeness (QED) is 0.861. The Hall–Kier alpha value is -1.62. The lowest BCUT2D eigenvalue weighted by Gasteiger charge is -2.13. The highest BCUT2D eigenvalue weighted by atomic mass is 32.2. The maximum atomic E-state index is 12.0. The number of sulfonamides is 1. The molecule has 1 aromatic carbocycles. The summed E-state index contributed by atoms with van der Waals surface area (Å²) in [7, 11) is -4.56. The van der Waals surface area contributed by atoms with Crippen molar-refractivity contribution in [1.82, 2.24) is 0 Å². The van der Waals surface area contributed by atoms with Crippen molar-refractivity contribution in [1.29, 1.82) is 0 Å². The van der Waals surface area contributed by atoms with E-state index in [1.165, 1.54) is 0 Å². The van der Waals surface area contributed by atoms with Crippen molar-refractivity contribution in [3.05, 3.63) is 18.2 Å². The molecule has 0 aliphatic carbocycles. The van der Waals surface area contributed by atoms with Crippen LogP contribution in [0.3, 0.4) is 0 Å². The SMILES string of the molecule is NS(=O)(=O)c1cc(OC(F)(F)F)ccc1OC(F)F. The van der Waals surface area contributed by atoms with Crippen LogP contribution in [-0.4, -0.2) is 21.4 Å². The molecule has 0 bridgehead atoms. The first-order valence-electron chi connectivity index (χ1n) is 4.36. The van der Waals surface area contributed by atoms with Crippen LogP contribution in [0, 0.1) is 0 Å². The van der Waals surface area contributed by atoms with E-state index in [0.29, 0.717) is 18.2 Å². The average Bonchev–Trinajstić information content (AvgIpc) is 2.15. The van der Waals surface area contributed by atoms with Crippen molar-refractivity contribution >= 4 is 10.0 Å². The number of rotatable bonds is 4. The molecule has 19 heavy (non-hydrogen) atoms. The van der Waals surface area contributed by atoms with Crippen LogP contribution in [0.25, 0.3) is 0 Å². The molecule has 0 aromatic heterocycles. The molecule has 0 atom stereocenters. The van der Waals surface area contributed by atoms with Crippen LogP contribution < -0.4 is 14.6 Å². The minimum absolute atomic E-state index is 0.334. The van der Waals surface area contributed by atoms with Crippen molar-refractivity contribution in [2.24, 2.45) is 5.14 Å². The van der Waals surface area contributed by atoms with E-state index in [1.807, 2.05) is 0 Å². The highest BCUT2D eigenvalue weighted by Crippen LogP contribution is 2.31. The molecule has 1 rings (SSSR count). The van der Waals surface area contributed by atoms with Gasteiger partial charge in [0.2, 0.25) is 10.0 Å². The van der Waals surface area contributed by atoms with Gasteiger partial charge in [0, 0.05) is 6.07 Å². The molecule has 0 unspecified atom stereocenters. The van der Waals surface area contributed by atoms with Crippen molar-refractivity contribution in [2.45, 2.75) is 17.9 Å². The number of benzene rings is 1. The smallest absolute Gasteiger partial charge is 0.433 e. The molecule has 108 valence electrons. The Kier molecular flexibility index (Phi) is 4.20. The summed E-state index contributed by atoms with van der Waals surface area (Å²) in [5, 5.41) is 4.68. The van der Waals surface area contributed by atoms with Crippen LogP contribution in [0.2, 0.25) is 0 Å². The molecule has 0 amide bonds. The molecular formula is C8H6F5NO4S. The second kappa shape index (κ2) is 5.17. The fourth-order valence-electron chi connectivity index (χ4n) is 1.10. The third-order valence-electron chi connectivity index (χ3n) is 1.67. The first-order valence-corrected chi connectivity index (χ1v) is 5.91. The Labute approximate surface area is 103 Å². The number of primary sulfonamides is 1. The van der Waals surface area contributed by atoms with E-state index < -0.39 is 39.4 Å². The van der Waals surface area contributed by atoms with Crippen molar-refractivity contribution < 1.29 is 39.8 Å². The molecule has 0 aliphatic rings. The Morgan fingerprint density at radius 1 is 1.21 bits per heavy atom. The average molecular weight is 307 g/mol. The summed E-state index contributed by atoms with van der Waals surface area (Å²) in [4.78, 5) is -1.05. The van der Waals surface area contributed by atoms with E-state index in [0.717, 1.165) is 0 Å². The third kappa shape index (κ3) is 4.87. The molecule has 11 heteroatoms. The largest absolute Gasteiger partial charge is 0.573 e. The van der Waals surface area contributed by atoms with Gasteiger partial charge in [-0.1, -0.05) is 0 Å². The second-order valence-electron chi connectivity index (χ2n) is 3.08. The maximum absolute atomic E-state index is 12.0. The Bertz CT molecular complexity index is 557. The van der Waals surface area contributed by atoms with E-state index in [1.54, 1.807) is 0 Å². The van der Waals surface area contributed by atoms with Gasteiger partial charge >= 0.3 is 13.0 Å². The number of halogens is 5. The van der Waals surface area contributed by atoms with Crippen molar-refractivity contribution in [3.63, 3.8) is 0 Å². The Morgan fingerprint density at radius 2 is 1.79 bits per heavy atom. The number of hydrogen-bond acceptors (Lipinski definition) is 4. The summed E-state index contributed by atoms with van der Waals surface area (Å²) in [6.45, 7) is -3.37. The summed E-state index contributed by atoms with van der Waals surface area (Å²) in [6, 6.07) is 1.52. The lowest BCUT2D eigenvalue weighted by Crippen LogP contribution is -2.19. The monoisotopic (exact) mass is 307 g/mol. The summed E-state index contributed by atoms with van der Waals surface area (Å²) in [5.74, 6) is -1.81. The molecule has 0 aliphatic heterocycles. The zero-order valence-corrected chi connectivity index (χ0v) is 9.63. The van der Waals surface area contributed by atoms with E-state index in [9.17, 15) is 30.4 Å². The van der Waals surface area contributed by atoms with Crippen LogP contribution in [0.4, 0.5) is 22.0 Å². The molecular weight excluding hydrogens is 301 g/mol. The van der Waals surface area contributed by atoms with E-state index in [2.05, 4.69) is 14.6 Å². The number of nitrogens with two attached hydrogens (primary N) is 1. The van der Waals surface area contributed by atoms with Gasteiger partial charge in [-0.25, -0.2) is 13.6 Å². The van der Waals surface area contributed by atoms with Gasteiger partial charge in [-0.3, -0.25) is 0 Å². The maximum Gasteiger partial charge on any atom is 0.573 e. The minimum Gasteiger partial charge on any atom is -0.433 e. The molecule has 1 aromatic rings. The van der Waals surface area contributed by atoms with Crippen LogP contribution in [0.1, 0.15) is 0 Å². The van der Waals surface area contributed by atoms with Gasteiger partial charge in [0.25, 0.3) is 0 Å². The molecule has 0 saturated heterocycles. The topological polar surface area (TPSA) is 78.6 Å². The van der Waals surface area contributed by atoms with Crippen LogP contribution in [-0.2, 0) is 10.0 Å². The molecule has 2 N–H and O–H groups in total. The molecule has 0 radical (unpaired) electrons. The van der Waals surface area contributed by atoms with E-state index in [-0.39, 0.29) is 0 Å². The number of ether oxygens (including phenoxy) is 2. The minimum atomic E-state index is -5.07.